The zero-order valence-electron chi connectivity index (χ0n) is 7.43. The van der Waals surface area contributed by atoms with E-state index in [0.29, 0.717) is 6.20 Å². The molecule has 0 bridgehead atoms. The molecule has 1 aromatic rings. The highest BCUT2D eigenvalue weighted by molar-refractivity contribution is 14.1. The smallest absolute Gasteiger partial charge is 0.357 e. The lowest BCUT2D eigenvalue weighted by Gasteiger charge is -2.08. The maximum absolute atomic E-state index is 12.9. The van der Waals surface area contributed by atoms with Crippen molar-refractivity contribution in [3.05, 3.63) is 26.8 Å². The van der Waals surface area contributed by atoms with E-state index in [-0.39, 0.29) is 3.57 Å². The van der Waals surface area contributed by atoms with E-state index in [9.17, 15) is 18.0 Å². The fraction of sp³-hybridized carbons (Fsp3) is 0.250. The normalized spacial score (nSPS) is 10.5. The van der Waals surface area contributed by atoms with Gasteiger partial charge in [0.05, 0.1) is 22.4 Å². The Balaban J connectivity index is 3.40. The summed E-state index contributed by atoms with van der Waals surface area (Å²) in [5.74, 6) is -1.90. The monoisotopic (exact) mass is 331 g/mol. The van der Waals surface area contributed by atoms with Crippen LogP contribution in [-0.2, 0) is 4.74 Å². The molecular weight excluding hydrogens is 326 g/mol. The van der Waals surface area contributed by atoms with Crippen LogP contribution in [0.3, 0.4) is 0 Å². The molecule has 1 rings (SSSR count). The second kappa shape index (κ2) is 4.77. The second-order valence-corrected chi connectivity index (χ2v) is 3.55. The summed E-state index contributed by atoms with van der Waals surface area (Å²) in [6.45, 7) is 0. The maximum Gasteiger partial charge on any atom is 0.357 e. The van der Waals surface area contributed by atoms with Gasteiger partial charge >= 0.3 is 5.97 Å². The number of carbonyl (C=O) groups excluding carboxylic acids is 1. The highest BCUT2D eigenvalue weighted by Crippen LogP contribution is 2.28. The molecule has 15 heavy (non-hydrogen) atoms. The van der Waals surface area contributed by atoms with Crippen LogP contribution in [0.5, 0.6) is 0 Å². The summed E-state index contributed by atoms with van der Waals surface area (Å²) in [7, 11) is 1.04. The number of methoxy groups -OCH3 is 1. The van der Waals surface area contributed by atoms with Crippen LogP contribution in [0.2, 0.25) is 0 Å². The number of hydrogen-bond donors (Lipinski definition) is 0. The highest BCUT2D eigenvalue weighted by Gasteiger charge is 2.25. The Bertz CT molecular complexity index is 398. The first-order valence-electron chi connectivity index (χ1n) is 3.69. The van der Waals surface area contributed by atoms with Gasteiger partial charge in [0.2, 0.25) is 0 Å². The summed E-state index contributed by atoms with van der Waals surface area (Å²) < 4.78 is 42.0. The molecule has 0 saturated heterocycles. The Hall–Kier alpha value is -0.860. The number of esters is 1. The molecule has 0 atom stereocenters. The largest absolute Gasteiger partial charge is 0.464 e. The number of alkyl halides is 2. The molecule has 82 valence electrons. The van der Waals surface area contributed by atoms with Crippen molar-refractivity contribution in [3.63, 3.8) is 0 Å². The van der Waals surface area contributed by atoms with Crippen molar-refractivity contribution in [2.75, 3.05) is 7.11 Å². The molecule has 0 amide bonds. The third kappa shape index (κ3) is 2.39. The van der Waals surface area contributed by atoms with Crippen molar-refractivity contribution in [1.29, 1.82) is 0 Å². The van der Waals surface area contributed by atoms with Crippen LogP contribution >= 0.6 is 22.6 Å². The zero-order chi connectivity index (χ0) is 11.6. The molecule has 0 aliphatic heterocycles. The van der Waals surface area contributed by atoms with E-state index in [4.69, 9.17) is 0 Å². The van der Waals surface area contributed by atoms with E-state index in [2.05, 4.69) is 9.72 Å². The van der Waals surface area contributed by atoms with Gasteiger partial charge in [-0.3, -0.25) is 0 Å². The quantitative estimate of drug-likeness (QED) is 0.618. The predicted molar refractivity (Wildman–Crippen MR) is 53.2 cm³/mol. The molecule has 0 aliphatic carbocycles. The minimum Gasteiger partial charge on any atom is -0.464 e. The Labute approximate surface area is 96.8 Å². The Morgan fingerprint density at radius 3 is 2.67 bits per heavy atom. The molecule has 0 saturated carbocycles. The first kappa shape index (κ1) is 12.2. The van der Waals surface area contributed by atoms with Crippen molar-refractivity contribution in [1.82, 2.24) is 4.98 Å². The van der Waals surface area contributed by atoms with Gasteiger partial charge in [-0.15, -0.1) is 0 Å². The molecule has 0 N–H and O–H groups in total. The number of rotatable bonds is 2. The molecule has 0 aliphatic rings. The number of nitrogens with zero attached hydrogens (tertiary/aromatic N) is 1. The summed E-state index contributed by atoms with van der Waals surface area (Å²) in [4.78, 5) is 14.4. The molecular formula is C8H5F3INO2. The lowest BCUT2D eigenvalue weighted by molar-refractivity contribution is 0.0580. The lowest BCUT2D eigenvalue weighted by Crippen LogP contribution is -2.11. The zero-order valence-corrected chi connectivity index (χ0v) is 9.59. The van der Waals surface area contributed by atoms with Crippen LogP contribution in [-0.4, -0.2) is 18.1 Å². The van der Waals surface area contributed by atoms with E-state index < -0.39 is 29.5 Å². The third-order valence-electron chi connectivity index (χ3n) is 1.61. The van der Waals surface area contributed by atoms with Crippen LogP contribution < -0.4 is 0 Å². The lowest BCUT2D eigenvalue weighted by atomic mass is 10.2. The predicted octanol–water partition coefficient (Wildman–Crippen LogP) is 2.55. The van der Waals surface area contributed by atoms with Gasteiger partial charge in [-0.1, -0.05) is 0 Å². The van der Waals surface area contributed by atoms with E-state index in [1.54, 1.807) is 0 Å². The molecule has 1 heterocycles. The van der Waals surface area contributed by atoms with Crippen LogP contribution in [0.1, 0.15) is 22.5 Å². The first-order chi connectivity index (χ1) is 6.99. The maximum atomic E-state index is 12.9. The van der Waals surface area contributed by atoms with Crippen LogP contribution in [0, 0.1) is 9.39 Å². The van der Waals surface area contributed by atoms with Crippen molar-refractivity contribution >= 4 is 28.6 Å². The van der Waals surface area contributed by atoms with Gasteiger partial charge in [-0.2, -0.15) is 0 Å². The van der Waals surface area contributed by atoms with Crippen molar-refractivity contribution in [3.8, 4) is 0 Å². The molecule has 0 aromatic carbocycles. The van der Waals surface area contributed by atoms with Gasteiger partial charge in [0.25, 0.3) is 6.43 Å². The average Bonchev–Trinajstić information content (AvgIpc) is 2.20. The number of halogens is 4. The fourth-order valence-corrected chi connectivity index (χ4v) is 1.57. The Morgan fingerprint density at radius 2 is 2.20 bits per heavy atom. The number of pyridine rings is 1. The minimum absolute atomic E-state index is 0.321. The molecule has 0 spiro atoms. The van der Waals surface area contributed by atoms with E-state index in [1.807, 2.05) is 0 Å². The van der Waals surface area contributed by atoms with Crippen molar-refractivity contribution in [2.45, 2.75) is 6.43 Å². The molecule has 1 aromatic heterocycles. The van der Waals surface area contributed by atoms with Gasteiger partial charge in [-0.25, -0.2) is 22.9 Å². The van der Waals surface area contributed by atoms with Gasteiger partial charge in [0.1, 0.15) is 0 Å². The Kier molecular flexibility index (Phi) is 3.89. The standard InChI is InChI=1S/C8H5F3INO2/c1-15-8(14)6-4(7(10)11)5(12)3(9)2-13-6/h2,7H,1H3. The van der Waals surface area contributed by atoms with Gasteiger partial charge in [-0.05, 0) is 22.6 Å². The highest BCUT2D eigenvalue weighted by atomic mass is 127. The molecule has 0 radical (unpaired) electrons. The fourth-order valence-electron chi connectivity index (χ4n) is 0.939. The number of carbonyl (C=O) groups is 1. The van der Waals surface area contributed by atoms with Crippen LogP contribution in [0.25, 0.3) is 0 Å². The SMILES string of the molecule is COC(=O)c1ncc(F)c(I)c1C(F)F. The van der Waals surface area contributed by atoms with Gasteiger partial charge in [0.15, 0.2) is 11.5 Å². The van der Waals surface area contributed by atoms with Crippen molar-refractivity contribution in [2.24, 2.45) is 0 Å². The summed E-state index contributed by atoms with van der Waals surface area (Å²) in [5, 5.41) is 0. The first-order valence-corrected chi connectivity index (χ1v) is 4.77. The molecule has 7 heteroatoms. The van der Waals surface area contributed by atoms with Gasteiger partial charge < -0.3 is 4.74 Å². The topological polar surface area (TPSA) is 39.2 Å². The number of ether oxygens (including phenoxy) is 1. The summed E-state index contributed by atoms with van der Waals surface area (Å²) in [6.07, 6.45) is -2.27. The van der Waals surface area contributed by atoms with E-state index in [1.165, 1.54) is 22.6 Å². The third-order valence-corrected chi connectivity index (χ3v) is 2.70. The second-order valence-electron chi connectivity index (χ2n) is 2.47. The number of hydrogen-bond acceptors (Lipinski definition) is 3. The summed E-state index contributed by atoms with van der Waals surface area (Å²) in [5.41, 5.74) is -1.29. The Morgan fingerprint density at radius 1 is 1.60 bits per heavy atom. The van der Waals surface area contributed by atoms with Crippen LogP contribution in [0.4, 0.5) is 13.2 Å². The molecule has 0 fully saturated rings. The van der Waals surface area contributed by atoms with Gasteiger partial charge in [0, 0.05) is 0 Å². The van der Waals surface area contributed by atoms with Crippen LogP contribution in [0.15, 0.2) is 6.20 Å². The number of aromatic nitrogens is 1. The van der Waals surface area contributed by atoms with Crippen molar-refractivity contribution < 1.29 is 22.7 Å². The summed E-state index contributed by atoms with van der Waals surface area (Å²) >= 11 is 1.39. The average molecular weight is 331 g/mol. The molecule has 3 nitrogen and oxygen atoms in total. The van der Waals surface area contributed by atoms with E-state index in [0.717, 1.165) is 7.11 Å². The van der Waals surface area contributed by atoms with E-state index >= 15 is 0 Å². The molecule has 0 unspecified atom stereocenters. The summed E-state index contributed by atoms with van der Waals surface area (Å²) in [6, 6.07) is 0. The minimum atomic E-state index is -2.98.